The summed E-state index contributed by atoms with van der Waals surface area (Å²) in [5.74, 6) is 0.358. The van der Waals surface area contributed by atoms with Gasteiger partial charge in [-0.15, -0.1) is 0 Å². The number of nitrogens with zero attached hydrogens (tertiary/aromatic N) is 2. The first-order chi connectivity index (χ1) is 13.4. The summed E-state index contributed by atoms with van der Waals surface area (Å²) in [4.78, 5) is 16.1. The van der Waals surface area contributed by atoms with Gasteiger partial charge in [0.2, 0.25) is 0 Å². The minimum Gasteiger partial charge on any atom is -0.497 e. The van der Waals surface area contributed by atoms with Crippen LogP contribution in [0.2, 0.25) is 0 Å². The number of anilines is 1. The van der Waals surface area contributed by atoms with Crippen molar-refractivity contribution in [3.8, 4) is 11.5 Å². The van der Waals surface area contributed by atoms with Crippen LogP contribution in [0.5, 0.6) is 11.5 Å². The summed E-state index contributed by atoms with van der Waals surface area (Å²) < 4.78 is 37.0. The molecule has 1 heterocycles. The lowest BCUT2D eigenvalue weighted by Crippen LogP contribution is -2.26. The predicted molar refractivity (Wildman–Crippen MR) is 104 cm³/mol. The van der Waals surface area contributed by atoms with Crippen molar-refractivity contribution in [2.45, 2.75) is 4.90 Å². The van der Waals surface area contributed by atoms with E-state index in [0.29, 0.717) is 22.7 Å². The highest BCUT2D eigenvalue weighted by molar-refractivity contribution is 7.92. The Morgan fingerprint density at radius 2 is 1.46 bits per heavy atom. The van der Waals surface area contributed by atoms with Crippen molar-refractivity contribution in [2.75, 3.05) is 18.5 Å². The standard InChI is InChI=1S/C20H18N2O5S/c1-22(28(24,25)19-9-7-17(26-2)8-10-19)16-3-5-18(6-4-16)27-20(23)15-11-13-21-14-12-15/h3-14H,1-2H3. The number of rotatable bonds is 6. The van der Waals surface area contributed by atoms with Crippen LogP contribution in [-0.2, 0) is 10.0 Å². The number of carbonyl (C=O) groups is 1. The predicted octanol–water partition coefficient (Wildman–Crippen LogP) is 3.13. The van der Waals surface area contributed by atoms with Crippen LogP contribution in [0, 0.1) is 0 Å². The summed E-state index contributed by atoms with van der Waals surface area (Å²) in [5.41, 5.74) is 0.804. The van der Waals surface area contributed by atoms with Crippen molar-refractivity contribution in [1.29, 1.82) is 0 Å². The Morgan fingerprint density at radius 3 is 2.04 bits per heavy atom. The van der Waals surface area contributed by atoms with E-state index in [9.17, 15) is 13.2 Å². The van der Waals surface area contributed by atoms with Crippen LogP contribution in [0.3, 0.4) is 0 Å². The molecule has 0 radical (unpaired) electrons. The molecule has 0 N–H and O–H groups in total. The molecule has 0 saturated heterocycles. The second kappa shape index (κ2) is 8.10. The monoisotopic (exact) mass is 398 g/mol. The SMILES string of the molecule is COc1ccc(S(=O)(=O)N(C)c2ccc(OC(=O)c3ccncc3)cc2)cc1. The van der Waals surface area contributed by atoms with Crippen molar-refractivity contribution >= 4 is 21.7 Å². The number of ether oxygens (including phenoxy) is 2. The van der Waals surface area contributed by atoms with Crippen LogP contribution in [0.25, 0.3) is 0 Å². The van der Waals surface area contributed by atoms with Crippen LogP contribution in [0.1, 0.15) is 10.4 Å². The Hall–Kier alpha value is -3.39. The number of pyridine rings is 1. The molecular weight excluding hydrogens is 380 g/mol. The molecule has 0 aliphatic carbocycles. The second-order valence-electron chi connectivity index (χ2n) is 5.77. The third kappa shape index (κ3) is 4.12. The van der Waals surface area contributed by atoms with Gasteiger partial charge in [-0.1, -0.05) is 0 Å². The molecule has 7 nitrogen and oxygen atoms in total. The summed E-state index contributed by atoms with van der Waals surface area (Å²) in [6.45, 7) is 0. The smallest absolute Gasteiger partial charge is 0.343 e. The topological polar surface area (TPSA) is 85.8 Å². The lowest BCUT2D eigenvalue weighted by molar-refractivity contribution is 0.0734. The molecule has 0 aliphatic rings. The number of hydrogen-bond acceptors (Lipinski definition) is 6. The minimum atomic E-state index is -3.73. The molecule has 144 valence electrons. The van der Waals surface area contributed by atoms with Crippen LogP contribution in [-0.4, -0.2) is 33.5 Å². The van der Waals surface area contributed by atoms with Crippen LogP contribution >= 0.6 is 0 Å². The maximum absolute atomic E-state index is 12.8. The van der Waals surface area contributed by atoms with E-state index < -0.39 is 16.0 Å². The molecule has 28 heavy (non-hydrogen) atoms. The van der Waals surface area contributed by atoms with E-state index in [2.05, 4.69) is 4.98 Å². The van der Waals surface area contributed by atoms with E-state index in [-0.39, 0.29) is 4.90 Å². The van der Waals surface area contributed by atoms with E-state index in [1.165, 1.54) is 50.8 Å². The normalized spacial score (nSPS) is 10.9. The Morgan fingerprint density at radius 1 is 0.893 bits per heavy atom. The first-order valence-corrected chi connectivity index (χ1v) is 9.71. The van der Waals surface area contributed by atoms with E-state index in [1.807, 2.05) is 0 Å². The van der Waals surface area contributed by atoms with Gasteiger partial charge >= 0.3 is 5.97 Å². The Balaban J connectivity index is 1.75. The molecule has 2 aromatic carbocycles. The van der Waals surface area contributed by atoms with Gasteiger partial charge in [0.15, 0.2) is 0 Å². The summed E-state index contributed by atoms with van der Waals surface area (Å²) in [5, 5.41) is 0. The molecule has 3 aromatic rings. The molecule has 3 rings (SSSR count). The van der Waals surface area contributed by atoms with E-state index in [0.717, 1.165) is 4.31 Å². The second-order valence-corrected chi connectivity index (χ2v) is 7.74. The minimum absolute atomic E-state index is 0.143. The molecule has 0 aliphatic heterocycles. The number of esters is 1. The van der Waals surface area contributed by atoms with Gasteiger partial charge in [0, 0.05) is 19.4 Å². The van der Waals surface area contributed by atoms with Gasteiger partial charge in [-0.3, -0.25) is 9.29 Å². The third-order valence-electron chi connectivity index (χ3n) is 4.04. The van der Waals surface area contributed by atoms with Crippen molar-refractivity contribution in [1.82, 2.24) is 4.98 Å². The zero-order valence-corrected chi connectivity index (χ0v) is 16.1. The molecule has 0 fully saturated rings. The molecule has 0 unspecified atom stereocenters. The van der Waals surface area contributed by atoms with Crippen LogP contribution < -0.4 is 13.8 Å². The number of sulfonamides is 1. The van der Waals surface area contributed by atoms with Gasteiger partial charge in [0.05, 0.1) is 23.3 Å². The summed E-state index contributed by atoms with van der Waals surface area (Å²) >= 11 is 0. The molecule has 0 amide bonds. The number of benzene rings is 2. The fourth-order valence-corrected chi connectivity index (χ4v) is 3.62. The average molecular weight is 398 g/mol. The van der Waals surface area contributed by atoms with Gasteiger partial charge in [0.1, 0.15) is 11.5 Å². The molecule has 0 saturated carbocycles. The summed E-state index contributed by atoms with van der Waals surface area (Å²) in [6.07, 6.45) is 3.00. The Labute approximate surface area is 163 Å². The number of aromatic nitrogens is 1. The fraction of sp³-hybridized carbons (Fsp3) is 0.100. The zero-order valence-electron chi connectivity index (χ0n) is 15.3. The fourth-order valence-electron chi connectivity index (χ4n) is 2.42. The van der Waals surface area contributed by atoms with E-state index in [1.54, 1.807) is 36.4 Å². The Bertz CT molecular complexity index is 1050. The summed E-state index contributed by atoms with van der Waals surface area (Å²) in [7, 11) is -0.764. The highest BCUT2D eigenvalue weighted by Gasteiger charge is 2.21. The van der Waals surface area contributed by atoms with Crippen molar-refractivity contribution in [3.05, 3.63) is 78.6 Å². The molecule has 0 spiro atoms. The number of methoxy groups -OCH3 is 1. The van der Waals surface area contributed by atoms with Crippen molar-refractivity contribution in [2.24, 2.45) is 0 Å². The molecule has 0 atom stereocenters. The largest absolute Gasteiger partial charge is 0.497 e. The lowest BCUT2D eigenvalue weighted by atomic mass is 10.2. The number of carbonyl (C=O) groups excluding carboxylic acids is 1. The molecule has 1 aromatic heterocycles. The van der Waals surface area contributed by atoms with E-state index >= 15 is 0 Å². The lowest BCUT2D eigenvalue weighted by Gasteiger charge is -2.20. The molecule has 8 heteroatoms. The van der Waals surface area contributed by atoms with E-state index in [4.69, 9.17) is 9.47 Å². The molecular formula is C20H18N2O5S. The van der Waals surface area contributed by atoms with Gasteiger partial charge < -0.3 is 9.47 Å². The zero-order chi connectivity index (χ0) is 20.1. The maximum Gasteiger partial charge on any atom is 0.343 e. The van der Waals surface area contributed by atoms with Crippen LogP contribution in [0.4, 0.5) is 5.69 Å². The van der Waals surface area contributed by atoms with Crippen LogP contribution in [0.15, 0.2) is 78.0 Å². The van der Waals surface area contributed by atoms with Gasteiger partial charge in [-0.25, -0.2) is 13.2 Å². The average Bonchev–Trinajstić information content (AvgIpc) is 2.74. The third-order valence-corrected chi connectivity index (χ3v) is 5.84. The molecule has 0 bridgehead atoms. The first-order valence-electron chi connectivity index (χ1n) is 8.27. The highest BCUT2D eigenvalue weighted by atomic mass is 32.2. The first kappa shape index (κ1) is 19.4. The summed E-state index contributed by atoms with van der Waals surface area (Å²) in [6, 6.07) is 15.4. The Kier molecular flexibility index (Phi) is 5.60. The van der Waals surface area contributed by atoms with Crippen molar-refractivity contribution < 1.29 is 22.7 Å². The number of hydrogen-bond donors (Lipinski definition) is 0. The van der Waals surface area contributed by atoms with Gasteiger partial charge in [0.25, 0.3) is 10.0 Å². The van der Waals surface area contributed by atoms with Crippen molar-refractivity contribution in [3.63, 3.8) is 0 Å². The van der Waals surface area contributed by atoms with Gasteiger partial charge in [-0.05, 0) is 60.7 Å². The quantitative estimate of drug-likeness (QED) is 0.468. The highest BCUT2D eigenvalue weighted by Crippen LogP contribution is 2.25. The maximum atomic E-state index is 12.8. The van der Waals surface area contributed by atoms with Gasteiger partial charge in [-0.2, -0.15) is 0 Å².